The van der Waals surface area contributed by atoms with E-state index in [9.17, 15) is 4.79 Å². The second-order valence-electron chi connectivity index (χ2n) is 4.53. The smallest absolute Gasteiger partial charge is 0.223 e. The van der Waals surface area contributed by atoms with Gasteiger partial charge in [0, 0.05) is 24.6 Å². The van der Waals surface area contributed by atoms with E-state index in [1.165, 1.54) is 0 Å². The molecule has 0 atom stereocenters. The van der Waals surface area contributed by atoms with Gasteiger partial charge in [0.25, 0.3) is 0 Å². The first-order valence-corrected chi connectivity index (χ1v) is 6.48. The fourth-order valence-electron chi connectivity index (χ4n) is 1.62. The van der Waals surface area contributed by atoms with Crippen LogP contribution in [0.3, 0.4) is 0 Å². The number of carbonyl (C=O) groups is 1. The summed E-state index contributed by atoms with van der Waals surface area (Å²) in [7, 11) is 0. The van der Waals surface area contributed by atoms with E-state index in [4.69, 9.17) is 11.6 Å². The standard InChI is InChI=1S/C12H17ClN4O/c1-7-10(13)16-8(2)17-11(7)14-5-6-15-12(18)9-3-4-9/h9H,3-6H2,1-2H3,(H,15,18)(H,14,16,17). The summed E-state index contributed by atoms with van der Waals surface area (Å²) in [6, 6.07) is 0. The molecule has 0 bridgehead atoms. The Hall–Kier alpha value is -1.36. The average molecular weight is 269 g/mol. The molecule has 1 aromatic heterocycles. The lowest BCUT2D eigenvalue weighted by Gasteiger charge is -2.10. The molecule has 6 heteroatoms. The Morgan fingerprint density at radius 3 is 2.72 bits per heavy atom. The summed E-state index contributed by atoms with van der Waals surface area (Å²) in [6.45, 7) is 4.89. The van der Waals surface area contributed by atoms with Crippen molar-refractivity contribution in [3.8, 4) is 0 Å². The zero-order chi connectivity index (χ0) is 13.1. The molecule has 1 saturated carbocycles. The van der Waals surface area contributed by atoms with Gasteiger partial charge in [-0.15, -0.1) is 0 Å². The molecule has 1 aliphatic rings. The summed E-state index contributed by atoms with van der Waals surface area (Å²) >= 11 is 5.97. The third-order valence-corrected chi connectivity index (χ3v) is 3.23. The number of amides is 1. The number of rotatable bonds is 5. The highest BCUT2D eigenvalue weighted by atomic mass is 35.5. The van der Waals surface area contributed by atoms with E-state index in [-0.39, 0.29) is 11.8 Å². The maximum absolute atomic E-state index is 11.4. The normalized spacial score (nSPS) is 14.4. The van der Waals surface area contributed by atoms with Crippen LogP contribution in [0.15, 0.2) is 0 Å². The van der Waals surface area contributed by atoms with Crippen LogP contribution in [-0.2, 0) is 4.79 Å². The Balaban J connectivity index is 1.80. The first kappa shape index (κ1) is 13.1. The summed E-state index contributed by atoms with van der Waals surface area (Å²) in [6.07, 6.45) is 2.05. The van der Waals surface area contributed by atoms with Gasteiger partial charge in [-0.1, -0.05) is 11.6 Å². The lowest BCUT2D eigenvalue weighted by Crippen LogP contribution is -2.30. The molecule has 2 N–H and O–H groups in total. The number of nitrogens with one attached hydrogen (secondary N) is 2. The van der Waals surface area contributed by atoms with Gasteiger partial charge in [0.1, 0.15) is 16.8 Å². The first-order chi connectivity index (χ1) is 8.58. The van der Waals surface area contributed by atoms with Gasteiger partial charge in [-0.3, -0.25) is 4.79 Å². The van der Waals surface area contributed by atoms with Crippen LogP contribution in [-0.4, -0.2) is 29.0 Å². The molecule has 98 valence electrons. The number of anilines is 1. The third kappa shape index (κ3) is 3.32. The van der Waals surface area contributed by atoms with Gasteiger partial charge in [-0.2, -0.15) is 0 Å². The molecule has 1 heterocycles. The van der Waals surface area contributed by atoms with E-state index >= 15 is 0 Å². The fraction of sp³-hybridized carbons (Fsp3) is 0.583. The first-order valence-electron chi connectivity index (χ1n) is 6.10. The van der Waals surface area contributed by atoms with Gasteiger partial charge in [0.15, 0.2) is 0 Å². The van der Waals surface area contributed by atoms with E-state index in [0.717, 1.165) is 24.2 Å². The largest absolute Gasteiger partial charge is 0.368 e. The Morgan fingerprint density at radius 1 is 1.33 bits per heavy atom. The Labute approximate surface area is 111 Å². The molecule has 0 spiro atoms. The number of aromatic nitrogens is 2. The van der Waals surface area contributed by atoms with Crippen LogP contribution in [0.4, 0.5) is 5.82 Å². The van der Waals surface area contributed by atoms with Crippen molar-refractivity contribution in [3.63, 3.8) is 0 Å². The zero-order valence-electron chi connectivity index (χ0n) is 10.6. The zero-order valence-corrected chi connectivity index (χ0v) is 11.3. The van der Waals surface area contributed by atoms with Crippen LogP contribution in [0.25, 0.3) is 0 Å². The number of halogens is 1. The molecule has 0 aliphatic heterocycles. The van der Waals surface area contributed by atoms with Crippen LogP contribution < -0.4 is 10.6 Å². The SMILES string of the molecule is Cc1nc(Cl)c(C)c(NCCNC(=O)C2CC2)n1. The molecule has 1 aliphatic carbocycles. The van der Waals surface area contributed by atoms with Crippen LogP contribution in [0.1, 0.15) is 24.2 Å². The van der Waals surface area contributed by atoms with Crippen molar-refractivity contribution in [1.29, 1.82) is 0 Å². The molecule has 1 amide bonds. The Bertz CT molecular complexity index is 460. The monoisotopic (exact) mass is 268 g/mol. The van der Waals surface area contributed by atoms with Crippen LogP contribution in [0, 0.1) is 19.8 Å². The predicted octanol–water partition coefficient (Wildman–Crippen LogP) is 1.68. The molecule has 2 rings (SSSR count). The van der Waals surface area contributed by atoms with Gasteiger partial charge in [-0.25, -0.2) is 9.97 Å². The van der Waals surface area contributed by atoms with Crippen LogP contribution in [0.5, 0.6) is 0 Å². The molecule has 1 fully saturated rings. The Kier molecular flexibility index (Phi) is 4.01. The second-order valence-corrected chi connectivity index (χ2v) is 4.89. The van der Waals surface area contributed by atoms with Gasteiger partial charge in [0.05, 0.1) is 0 Å². The maximum Gasteiger partial charge on any atom is 0.223 e. The van der Waals surface area contributed by atoms with Gasteiger partial charge >= 0.3 is 0 Å². The quantitative estimate of drug-likeness (QED) is 0.630. The molecule has 0 saturated heterocycles. The average Bonchev–Trinajstić information content (AvgIpc) is 3.14. The predicted molar refractivity (Wildman–Crippen MR) is 70.7 cm³/mol. The topological polar surface area (TPSA) is 66.9 Å². The summed E-state index contributed by atoms with van der Waals surface area (Å²) < 4.78 is 0. The van der Waals surface area contributed by atoms with Gasteiger partial charge in [-0.05, 0) is 26.7 Å². The number of hydrogen-bond donors (Lipinski definition) is 2. The van der Waals surface area contributed by atoms with E-state index in [0.29, 0.717) is 24.1 Å². The van der Waals surface area contributed by atoms with Gasteiger partial charge in [0.2, 0.25) is 5.91 Å². The molecule has 0 unspecified atom stereocenters. The van der Waals surface area contributed by atoms with Crippen molar-refractivity contribution >= 4 is 23.3 Å². The second kappa shape index (κ2) is 5.52. The summed E-state index contributed by atoms with van der Waals surface area (Å²) in [5.41, 5.74) is 0.829. The minimum absolute atomic E-state index is 0.158. The van der Waals surface area contributed by atoms with Crippen LogP contribution in [0.2, 0.25) is 5.15 Å². The molecule has 0 radical (unpaired) electrons. The fourth-order valence-corrected chi connectivity index (χ4v) is 1.83. The molecule has 18 heavy (non-hydrogen) atoms. The van der Waals surface area contributed by atoms with Crippen molar-refractivity contribution in [2.24, 2.45) is 5.92 Å². The minimum Gasteiger partial charge on any atom is -0.368 e. The van der Waals surface area contributed by atoms with E-state index in [1.54, 1.807) is 6.92 Å². The van der Waals surface area contributed by atoms with E-state index < -0.39 is 0 Å². The van der Waals surface area contributed by atoms with Crippen molar-refractivity contribution in [2.45, 2.75) is 26.7 Å². The van der Waals surface area contributed by atoms with Crippen LogP contribution >= 0.6 is 11.6 Å². The van der Waals surface area contributed by atoms with Crippen molar-refractivity contribution in [1.82, 2.24) is 15.3 Å². The molecule has 0 aromatic carbocycles. The number of aryl methyl sites for hydroxylation is 1. The summed E-state index contributed by atoms with van der Waals surface area (Å²) in [5, 5.41) is 6.51. The van der Waals surface area contributed by atoms with E-state index in [2.05, 4.69) is 20.6 Å². The number of hydrogen-bond acceptors (Lipinski definition) is 4. The lowest BCUT2D eigenvalue weighted by molar-refractivity contribution is -0.122. The molecular formula is C12H17ClN4O. The highest BCUT2D eigenvalue weighted by molar-refractivity contribution is 6.30. The minimum atomic E-state index is 0.158. The highest BCUT2D eigenvalue weighted by Crippen LogP contribution is 2.28. The Morgan fingerprint density at radius 2 is 2.06 bits per heavy atom. The third-order valence-electron chi connectivity index (χ3n) is 2.86. The lowest BCUT2D eigenvalue weighted by atomic mass is 10.3. The number of carbonyl (C=O) groups excluding carboxylic acids is 1. The van der Waals surface area contributed by atoms with Crippen molar-refractivity contribution < 1.29 is 4.79 Å². The molecular weight excluding hydrogens is 252 g/mol. The summed E-state index contributed by atoms with van der Waals surface area (Å²) in [5.74, 6) is 1.77. The van der Waals surface area contributed by atoms with Gasteiger partial charge < -0.3 is 10.6 Å². The van der Waals surface area contributed by atoms with Crippen molar-refractivity contribution in [2.75, 3.05) is 18.4 Å². The number of nitrogens with zero attached hydrogens (tertiary/aromatic N) is 2. The van der Waals surface area contributed by atoms with Crippen molar-refractivity contribution in [3.05, 3.63) is 16.5 Å². The maximum atomic E-state index is 11.4. The molecule has 5 nitrogen and oxygen atoms in total. The molecule has 1 aromatic rings. The summed E-state index contributed by atoms with van der Waals surface area (Å²) in [4.78, 5) is 19.8. The van der Waals surface area contributed by atoms with E-state index in [1.807, 2.05) is 6.92 Å². The highest BCUT2D eigenvalue weighted by Gasteiger charge is 2.28.